The molecular formula is C17H15NO4. The molecule has 3 rings (SSSR count). The Hall–Kier alpha value is -2.66. The highest BCUT2D eigenvalue weighted by Gasteiger charge is 2.16. The molecule has 5 nitrogen and oxygen atoms in total. The van der Waals surface area contributed by atoms with E-state index in [0.29, 0.717) is 17.7 Å². The van der Waals surface area contributed by atoms with E-state index < -0.39 is 11.7 Å². The molecular weight excluding hydrogens is 282 g/mol. The number of aryl methyl sites for hydroxylation is 1. The third kappa shape index (κ3) is 2.84. The van der Waals surface area contributed by atoms with Gasteiger partial charge in [-0.25, -0.2) is 9.36 Å². The standard InChI is InChI=1S/C17H15NO4/c1-12-7-8-14-15(9-12)22-17(20)18(14)16(19)11-21-10-13-5-3-2-4-6-13/h2-9H,10-11H2,1H3. The number of carbonyl (C=O) groups is 1. The highest BCUT2D eigenvalue weighted by molar-refractivity contribution is 5.89. The van der Waals surface area contributed by atoms with Crippen molar-refractivity contribution in [1.29, 1.82) is 0 Å². The van der Waals surface area contributed by atoms with Crippen LogP contribution in [0.15, 0.2) is 57.7 Å². The Balaban J connectivity index is 1.75. The third-order valence-corrected chi connectivity index (χ3v) is 3.32. The Labute approximate surface area is 126 Å². The first-order valence-corrected chi connectivity index (χ1v) is 6.92. The smallest absolute Gasteiger partial charge is 0.407 e. The van der Waals surface area contributed by atoms with Crippen molar-refractivity contribution in [3.8, 4) is 0 Å². The Morgan fingerprint density at radius 1 is 1.18 bits per heavy atom. The first kappa shape index (κ1) is 14.3. The van der Waals surface area contributed by atoms with E-state index in [1.54, 1.807) is 12.1 Å². The van der Waals surface area contributed by atoms with E-state index in [9.17, 15) is 9.59 Å². The van der Waals surface area contributed by atoms with Gasteiger partial charge in [-0.2, -0.15) is 0 Å². The van der Waals surface area contributed by atoms with Crippen molar-refractivity contribution in [2.45, 2.75) is 13.5 Å². The Bertz CT molecular complexity index is 861. The lowest BCUT2D eigenvalue weighted by atomic mass is 10.2. The molecule has 0 bridgehead atoms. The summed E-state index contributed by atoms with van der Waals surface area (Å²) < 4.78 is 11.5. The predicted molar refractivity (Wildman–Crippen MR) is 81.9 cm³/mol. The van der Waals surface area contributed by atoms with Gasteiger partial charge in [0.05, 0.1) is 12.1 Å². The van der Waals surface area contributed by atoms with E-state index >= 15 is 0 Å². The molecule has 0 aliphatic rings. The number of benzene rings is 2. The SMILES string of the molecule is Cc1ccc2c(c1)oc(=O)n2C(=O)COCc1ccccc1. The molecule has 0 atom stereocenters. The minimum atomic E-state index is -0.686. The number of ether oxygens (including phenoxy) is 1. The van der Waals surface area contributed by atoms with E-state index in [-0.39, 0.29) is 6.61 Å². The van der Waals surface area contributed by atoms with Gasteiger partial charge >= 0.3 is 5.76 Å². The van der Waals surface area contributed by atoms with Crippen LogP contribution in [0.5, 0.6) is 0 Å². The van der Waals surface area contributed by atoms with Gasteiger partial charge in [0, 0.05) is 0 Å². The van der Waals surface area contributed by atoms with Crippen LogP contribution in [-0.4, -0.2) is 17.1 Å². The van der Waals surface area contributed by atoms with Crippen LogP contribution >= 0.6 is 0 Å². The Morgan fingerprint density at radius 3 is 2.73 bits per heavy atom. The summed E-state index contributed by atoms with van der Waals surface area (Å²) in [6.07, 6.45) is 0. The van der Waals surface area contributed by atoms with Gasteiger partial charge in [0.25, 0.3) is 5.91 Å². The molecule has 22 heavy (non-hydrogen) atoms. The summed E-state index contributed by atoms with van der Waals surface area (Å²) in [6, 6.07) is 14.8. The molecule has 0 unspecified atom stereocenters. The molecule has 0 spiro atoms. The zero-order valence-corrected chi connectivity index (χ0v) is 12.1. The molecule has 3 aromatic rings. The van der Waals surface area contributed by atoms with Crippen LogP contribution in [0.25, 0.3) is 11.1 Å². The predicted octanol–water partition coefficient (Wildman–Crippen LogP) is 2.76. The van der Waals surface area contributed by atoms with Crippen LogP contribution in [0.1, 0.15) is 15.9 Å². The van der Waals surface area contributed by atoms with Crippen LogP contribution in [0.2, 0.25) is 0 Å². The minimum Gasteiger partial charge on any atom is -0.407 e. The zero-order chi connectivity index (χ0) is 15.5. The van der Waals surface area contributed by atoms with E-state index in [2.05, 4.69) is 0 Å². The second-order valence-corrected chi connectivity index (χ2v) is 5.05. The summed E-state index contributed by atoms with van der Waals surface area (Å²) in [4.78, 5) is 24.0. The van der Waals surface area contributed by atoms with E-state index in [0.717, 1.165) is 15.7 Å². The molecule has 0 aliphatic heterocycles. The lowest BCUT2D eigenvalue weighted by Crippen LogP contribution is -2.26. The molecule has 0 amide bonds. The summed E-state index contributed by atoms with van der Waals surface area (Å²) in [7, 11) is 0. The highest BCUT2D eigenvalue weighted by atomic mass is 16.5. The fourth-order valence-corrected chi connectivity index (χ4v) is 2.26. The summed E-state index contributed by atoms with van der Waals surface area (Å²) in [5.41, 5.74) is 2.79. The first-order valence-electron chi connectivity index (χ1n) is 6.92. The fourth-order valence-electron chi connectivity index (χ4n) is 2.26. The molecule has 1 heterocycles. The van der Waals surface area contributed by atoms with E-state index in [1.807, 2.05) is 43.3 Å². The zero-order valence-electron chi connectivity index (χ0n) is 12.1. The second-order valence-electron chi connectivity index (χ2n) is 5.05. The molecule has 0 aliphatic carbocycles. The maximum Gasteiger partial charge on any atom is 0.426 e. The molecule has 0 radical (unpaired) electrons. The van der Waals surface area contributed by atoms with Gasteiger partial charge in [-0.05, 0) is 30.2 Å². The molecule has 112 valence electrons. The topological polar surface area (TPSA) is 61.4 Å². The molecule has 0 fully saturated rings. The Kier molecular flexibility index (Phi) is 3.89. The maximum absolute atomic E-state index is 12.2. The Morgan fingerprint density at radius 2 is 1.95 bits per heavy atom. The monoisotopic (exact) mass is 297 g/mol. The molecule has 0 saturated heterocycles. The van der Waals surface area contributed by atoms with Gasteiger partial charge in [-0.1, -0.05) is 36.4 Å². The summed E-state index contributed by atoms with van der Waals surface area (Å²) in [6.45, 7) is 2.02. The average Bonchev–Trinajstić information content (AvgIpc) is 2.83. The molecule has 0 saturated carbocycles. The summed E-state index contributed by atoms with van der Waals surface area (Å²) in [5.74, 6) is -1.13. The lowest BCUT2D eigenvalue weighted by Gasteiger charge is -2.04. The first-order chi connectivity index (χ1) is 10.6. The van der Waals surface area contributed by atoms with Crippen LogP contribution in [0, 0.1) is 6.92 Å². The van der Waals surface area contributed by atoms with Crippen LogP contribution in [-0.2, 0) is 11.3 Å². The number of fused-ring (bicyclic) bond motifs is 1. The number of rotatable bonds is 4. The van der Waals surface area contributed by atoms with Crippen molar-refractivity contribution in [3.05, 3.63) is 70.2 Å². The quantitative estimate of drug-likeness (QED) is 0.743. The van der Waals surface area contributed by atoms with E-state index in [4.69, 9.17) is 9.15 Å². The molecule has 1 aromatic heterocycles. The van der Waals surface area contributed by atoms with Gasteiger partial charge < -0.3 is 9.15 Å². The number of hydrogen-bond acceptors (Lipinski definition) is 4. The summed E-state index contributed by atoms with van der Waals surface area (Å²) in [5, 5.41) is 0. The summed E-state index contributed by atoms with van der Waals surface area (Å²) >= 11 is 0. The van der Waals surface area contributed by atoms with Crippen molar-refractivity contribution in [2.24, 2.45) is 0 Å². The lowest BCUT2D eigenvalue weighted by molar-refractivity contribution is 0.0640. The van der Waals surface area contributed by atoms with Gasteiger partial charge in [0.2, 0.25) is 0 Å². The van der Waals surface area contributed by atoms with Gasteiger partial charge in [-0.3, -0.25) is 4.79 Å². The largest absolute Gasteiger partial charge is 0.426 e. The third-order valence-electron chi connectivity index (χ3n) is 3.32. The average molecular weight is 297 g/mol. The molecule has 0 N–H and O–H groups in total. The number of carbonyl (C=O) groups excluding carboxylic acids is 1. The number of aromatic nitrogens is 1. The van der Waals surface area contributed by atoms with E-state index in [1.165, 1.54) is 0 Å². The van der Waals surface area contributed by atoms with Gasteiger partial charge in [-0.15, -0.1) is 0 Å². The number of nitrogens with zero attached hydrogens (tertiary/aromatic N) is 1. The number of hydrogen-bond donors (Lipinski definition) is 0. The highest BCUT2D eigenvalue weighted by Crippen LogP contribution is 2.14. The van der Waals surface area contributed by atoms with Crippen molar-refractivity contribution in [3.63, 3.8) is 0 Å². The second kappa shape index (κ2) is 5.99. The fraction of sp³-hybridized carbons (Fsp3) is 0.176. The van der Waals surface area contributed by atoms with Crippen molar-refractivity contribution in [1.82, 2.24) is 4.57 Å². The van der Waals surface area contributed by atoms with Crippen molar-refractivity contribution in [2.75, 3.05) is 6.61 Å². The molecule has 5 heteroatoms. The number of oxazole rings is 1. The molecule has 2 aromatic carbocycles. The van der Waals surface area contributed by atoms with Gasteiger partial charge in [0.1, 0.15) is 6.61 Å². The van der Waals surface area contributed by atoms with Crippen molar-refractivity contribution >= 4 is 17.0 Å². The minimum absolute atomic E-state index is 0.183. The van der Waals surface area contributed by atoms with Crippen molar-refractivity contribution < 1.29 is 13.9 Å². The normalized spacial score (nSPS) is 11.0. The van der Waals surface area contributed by atoms with Crippen LogP contribution < -0.4 is 5.76 Å². The van der Waals surface area contributed by atoms with Crippen LogP contribution in [0.4, 0.5) is 0 Å². The van der Waals surface area contributed by atoms with Crippen LogP contribution in [0.3, 0.4) is 0 Å². The van der Waals surface area contributed by atoms with Gasteiger partial charge in [0.15, 0.2) is 5.58 Å². The maximum atomic E-state index is 12.2.